The molecule has 0 aromatic rings. The summed E-state index contributed by atoms with van der Waals surface area (Å²) in [5.74, 6) is 0. The van der Waals surface area contributed by atoms with E-state index in [1.54, 1.807) is 0 Å². The first-order valence-electron chi connectivity index (χ1n) is 2.86. The number of alkyl halides is 3. The maximum absolute atomic E-state index is 11.4. The van der Waals surface area contributed by atoms with Gasteiger partial charge in [0, 0.05) is 0 Å². The van der Waals surface area contributed by atoms with Crippen LogP contribution in [0.2, 0.25) is 0 Å². The molecule has 0 bridgehead atoms. The molecule has 0 rings (SSSR count). The highest BCUT2D eigenvalue weighted by Gasteiger charge is 1.91. The average molecular weight is 186 g/mol. The molecule has 0 saturated heterocycles. The molecule has 0 amide bonds. The maximum atomic E-state index is 11.4. The van der Waals surface area contributed by atoms with E-state index in [1.807, 2.05) is 0 Å². The molecule has 0 spiro atoms. The van der Waals surface area contributed by atoms with Gasteiger partial charge in [-0.05, 0) is 11.6 Å². The summed E-state index contributed by atoms with van der Waals surface area (Å²) >= 11 is 0. The van der Waals surface area contributed by atoms with Gasteiger partial charge in [-0.1, -0.05) is 0 Å². The standard InChI is InChI=1S/C5H7F3.CH2O3/c6-2-1-5(3-7)4-8;2-1(3)4/h1H,2-4H2;(H2,2,3,4). The van der Waals surface area contributed by atoms with Gasteiger partial charge in [-0.3, -0.25) is 0 Å². The first-order chi connectivity index (χ1) is 5.58. The van der Waals surface area contributed by atoms with E-state index < -0.39 is 26.2 Å². The molecule has 0 atom stereocenters. The molecular weight excluding hydrogens is 177 g/mol. The van der Waals surface area contributed by atoms with E-state index in [2.05, 4.69) is 0 Å². The summed E-state index contributed by atoms with van der Waals surface area (Å²) in [7, 11) is 0. The van der Waals surface area contributed by atoms with Crippen LogP contribution in [0.4, 0.5) is 18.0 Å². The van der Waals surface area contributed by atoms with E-state index in [1.165, 1.54) is 0 Å². The van der Waals surface area contributed by atoms with Crippen molar-refractivity contribution < 1.29 is 28.2 Å². The van der Waals surface area contributed by atoms with Crippen molar-refractivity contribution in [3.63, 3.8) is 0 Å². The van der Waals surface area contributed by atoms with Gasteiger partial charge >= 0.3 is 6.16 Å². The smallest absolute Gasteiger partial charge is 0.450 e. The summed E-state index contributed by atoms with van der Waals surface area (Å²) in [5.41, 5.74) is -0.118. The highest BCUT2D eigenvalue weighted by atomic mass is 19.1. The molecule has 0 fully saturated rings. The van der Waals surface area contributed by atoms with Gasteiger partial charge in [-0.25, -0.2) is 18.0 Å². The molecule has 0 aliphatic carbocycles. The van der Waals surface area contributed by atoms with Gasteiger partial charge in [-0.2, -0.15) is 0 Å². The van der Waals surface area contributed by atoms with Crippen LogP contribution in [0, 0.1) is 0 Å². The Kier molecular flexibility index (Phi) is 10.9. The molecule has 0 aromatic carbocycles. The van der Waals surface area contributed by atoms with Gasteiger partial charge < -0.3 is 10.2 Å². The fourth-order valence-electron chi connectivity index (χ4n) is 0.254. The molecule has 0 aliphatic rings. The van der Waals surface area contributed by atoms with Crippen LogP contribution in [0.25, 0.3) is 0 Å². The first kappa shape index (κ1) is 13.4. The van der Waals surface area contributed by atoms with E-state index in [0.717, 1.165) is 6.08 Å². The number of hydrogen-bond acceptors (Lipinski definition) is 1. The molecule has 3 nitrogen and oxygen atoms in total. The Morgan fingerprint density at radius 1 is 1.17 bits per heavy atom. The highest BCUT2D eigenvalue weighted by molar-refractivity contribution is 5.53. The second-order valence-electron chi connectivity index (χ2n) is 1.57. The van der Waals surface area contributed by atoms with Crippen LogP contribution < -0.4 is 0 Å². The van der Waals surface area contributed by atoms with Crippen LogP contribution in [-0.2, 0) is 0 Å². The zero-order valence-electron chi connectivity index (χ0n) is 6.14. The average Bonchev–Trinajstić information content (AvgIpc) is 1.99. The van der Waals surface area contributed by atoms with Crippen LogP contribution in [0.15, 0.2) is 11.6 Å². The van der Waals surface area contributed by atoms with Crippen LogP contribution in [0.1, 0.15) is 0 Å². The summed E-state index contributed by atoms with van der Waals surface area (Å²) in [4.78, 5) is 8.56. The number of hydrogen-bond donors (Lipinski definition) is 2. The molecule has 0 aromatic heterocycles. The lowest BCUT2D eigenvalue weighted by molar-refractivity contribution is 0.137. The van der Waals surface area contributed by atoms with Crippen molar-refractivity contribution >= 4 is 6.16 Å². The third-order valence-corrected chi connectivity index (χ3v) is 0.709. The van der Waals surface area contributed by atoms with Crippen molar-refractivity contribution in [2.24, 2.45) is 0 Å². The van der Waals surface area contributed by atoms with Gasteiger partial charge in [-0.15, -0.1) is 0 Å². The van der Waals surface area contributed by atoms with Crippen molar-refractivity contribution in [3.05, 3.63) is 11.6 Å². The molecule has 6 heteroatoms. The Morgan fingerprint density at radius 2 is 1.50 bits per heavy atom. The van der Waals surface area contributed by atoms with E-state index >= 15 is 0 Å². The topological polar surface area (TPSA) is 57.5 Å². The molecule has 0 saturated carbocycles. The fourth-order valence-corrected chi connectivity index (χ4v) is 0.254. The number of carbonyl (C=O) groups is 1. The molecule has 0 unspecified atom stereocenters. The lowest BCUT2D eigenvalue weighted by Gasteiger charge is -1.89. The van der Waals surface area contributed by atoms with Crippen LogP contribution >= 0.6 is 0 Å². The summed E-state index contributed by atoms with van der Waals surface area (Å²) in [6.45, 7) is -2.57. The number of allylic oxidation sites excluding steroid dienone is 2. The third kappa shape index (κ3) is 15.9. The minimum atomic E-state index is -1.83. The molecule has 2 N–H and O–H groups in total. The zero-order chi connectivity index (χ0) is 9.98. The van der Waals surface area contributed by atoms with E-state index in [4.69, 9.17) is 15.0 Å². The maximum Gasteiger partial charge on any atom is 0.503 e. The van der Waals surface area contributed by atoms with Crippen molar-refractivity contribution in [2.45, 2.75) is 0 Å². The number of rotatable bonds is 3. The Bertz CT molecular complexity index is 137. The highest BCUT2D eigenvalue weighted by Crippen LogP contribution is 1.95. The van der Waals surface area contributed by atoms with Gasteiger partial charge in [0.15, 0.2) is 0 Å². The Balaban J connectivity index is 0. The summed E-state index contributed by atoms with van der Waals surface area (Å²) < 4.78 is 33.9. The van der Waals surface area contributed by atoms with E-state index in [0.29, 0.717) is 0 Å². The van der Waals surface area contributed by atoms with Crippen LogP contribution in [0.5, 0.6) is 0 Å². The van der Waals surface area contributed by atoms with Crippen LogP contribution in [-0.4, -0.2) is 36.4 Å². The number of halogens is 3. The fraction of sp³-hybridized carbons (Fsp3) is 0.500. The Morgan fingerprint density at radius 3 is 1.58 bits per heavy atom. The first-order valence-corrected chi connectivity index (χ1v) is 2.86. The van der Waals surface area contributed by atoms with Gasteiger partial charge in [0.2, 0.25) is 0 Å². The van der Waals surface area contributed by atoms with Gasteiger partial charge in [0.25, 0.3) is 0 Å². The van der Waals surface area contributed by atoms with E-state index in [9.17, 15) is 13.2 Å². The van der Waals surface area contributed by atoms with Crippen molar-refractivity contribution in [1.82, 2.24) is 0 Å². The van der Waals surface area contributed by atoms with Crippen molar-refractivity contribution in [2.75, 3.05) is 20.0 Å². The summed E-state index contributed by atoms with van der Waals surface area (Å²) in [6, 6.07) is 0. The molecule has 72 valence electrons. The predicted octanol–water partition coefficient (Wildman–Crippen LogP) is 2.04. The predicted molar refractivity (Wildman–Crippen MR) is 36.7 cm³/mol. The number of carboxylic acid groups (broad SMARTS) is 2. The SMILES string of the molecule is FCC=C(CF)CF.O=C(O)O. The molecule has 12 heavy (non-hydrogen) atoms. The summed E-state index contributed by atoms with van der Waals surface area (Å²) in [6.07, 6.45) is -0.931. The van der Waals surface area contributed by atoms with E-state index in [-0.39, 0.29) is 5.57 Å². The lowest BCUT2D eigenvalue weighted by Crippen LogP contribution is -1.87. The summed E-state index contributed by atoms with van der Waals surface area (Å²) in [5, 5.41) is 13.9. The van der Waals surface area contributed by atoms with Gasteiger partial charge in [0.1, 0.15) is 20.0 Å². The second-order valence-corrected chi connectivity index (χ2v) is 1.57. The van der Waals surface area contributed by atoms with Crippen molar-refractivity contribution in [1.29, 1.82) is 0 Å². The minimum absolute atomic E-state index is 0.118. The normalized spacial score (nSPS) is 7.92. The lowest BCUT2D eigenvalue weighted by atomic mass is 10.3. The third-order valence-electron chi connectivity index (χ3n) is 0.709. The minimum Gasteiger partial charge on any atom is -0.450 e. The zero-order valence-corrected chi connectivity index (χ0v) is 6.14. The molecule has 0 aliphatic heterocycles. The molecule has 0 radical (unpaired) electrons. The molecular formula is C6H9F3O3. The second kappa shape index (κ2) is 9.80. The molecule has 0 heterocycles. The van der Waals surface area contributed by atoms with Crippen molar-refractivity contribution in [3.8, 4) is 0 Å². The monoisotopic (exact) mass is 186 g/mol. The Hall–Kier alpha value is -1.20. The van der Waals surface area contributed by atoms with Crippen LogP contribution in [0.3, 0.4) is 0 Å². The van der Waals surface area contributed by atoms with Gasteiger partial charge in [0.05, 0.1) is 0 Å². The Labute approximate surface area is 67.1 Å². The largest absolute Gasteiger partial charge is 0.503 e. The quantitative estimate of drug-likeness (QED) is 0.663.